The topological polar surface area (TPSA) is 35.2 Å². The normalized spacial score (nSPS) is 10.5. The summed E-state index contributed by atoms with van der Waals surface area (Å²) >= 11 is 5.65. The fourth-order valence-corrected chi connectivity index (χ4v) is 0.955. The van der Waals surface area contributed by atoms with E-state index < -0.39 is 13.0 Å². The van der Waals surface area contributed by atoms with Crippen molar-refractivity contribution in [3.63, 3.8) is 0 Å². The van der Waals surface area contributed by atoms with Crippen LogP contribution in [0.3, 0.4) is 0 Å². The summed E-state index contributed by atoms with van der Waals surface area (Å²) in [6.45, 7) is -0.677. The first-order valence-corrected chi connectivity index (χ1v) is 3.93. The molecular weight excluding hydrogens is 200 g/mol. The molecule has 0 saturated carbocycles. The lowest BCUT2D eigenvalue weighted by molar-refractivity contribution is 0.0820. The Morgan fingerprint density at radius 2 is 2.15 bits per heavy atom. The molecule has 0 aromatic heterocycles. The fraction of sp³-hybridized carbons (Fsp3) is 0.250. The van der Waals surface area contributed by atoms with Crippen LogP contribution in [0.15, 0.2) is 18.2 Å². The number of rotatable bonds is 3. The Bertz CT molecular complexity index is 293. The van der Waals surface area contributed by atoms with Crippen molar-refractivity contribution in [2.75, 3.05) is 12.3 Å². The molecule has 1 aromatic carbocycles. The van der Waals surface area contributed by atoms with E-state index >= 15 is 0 Å². The molecule has 0 aliphatic heterocycles. The largest absolute Gasteiger partial charge is 0.486 e. The molecule has 0 atom stereocenters. The fourth-order valence-electron chi connectivity index (χ4n) is 0.783. The summed E-state index contributed by atoms with van der Waals surface area (Å²) in [6, 6.07) is 4.47. The van der Waals surface area contributed by atoms with Crippen LogP contribution in [0.1, 0.15) is 0 Å². The van der Waals surface area contributed by atoms with Crippen molar-refractivity contribution < 1.29 is 13.5 Å². The van der Waals surface area contributed by atoms with E-state index in [9.17, 15) is 8.78 Å². The van der Waals surface area contributed by atoms with Crippen LogP contribution in [-0.4, -0.2) is 13.0 Å². The third kappa shape index (κ3) is 3.06. The van der Waals surface area contributed by atoms with Crippen molar-refractivity contribution in [2.24, 2.45) is 0 Å². The molecule has 1 aromatic rings. The molecule has 0 aliphatic rings. The maximum absolute atomic E-state index is 11.8. The highest BCUT2D eigenvalue weighted by Crippen LogP contribution is 2.26. The summed E-state index contributed by atoms with van der Waals surface area (Å²) in [5.41, 5.74) is 5.83. The van der Waals surface area contributed by atoms with Crippen LogP contribution < -0.4 is 10.5 Å². The van der Waals surface area contributed by atoms with Crippen LogP contribution in [0, 0.1) is 0 Å². The van der Waals surface area contributed by atoms with Gasteiger partial charge in [0, 0.05) is 11.8 Å². The Balaban J connectivity index is 2.70. The van der Waals surface area contributed by atoms with Crippen LogP contribution in [-0.2, 0) is 0 Å². The minimum Gasteiger partial charge on any atom is -0.486 e. The van der Waals surface area contributed by atoms with Gasteiger partial charge < -0.3 is 10.5 Å². The van der Waals surface area contributed by atoms with E-state index in [2.05, 4.69) is 0 Å². The summed E-state index contributed by atoms with van der Waals surface area (Å²) in [5, 5.41) is 0.273. The predicted molar refractivity (Wildman–Crippen MR) is 47.4 cm³/mol. The van der Waals surface area contributed by atoms with E-state index in [4.69, 9.17) is 22.1 Å². The van der Waals surface area contributed by atoms with Crippen LogP contribution in [0.4, 0.5) is 14.5 Å². The molecule has 0 heterocycles. The molecule has 0 aliphatic carbocycles. The first-order valence-electron chi connectivity index (χ1n) is 3.55. The molecule has 13 heavy (non-hydrogen) atoms. The van der Waals surface area contributed by atoms with Gasteiger partial charge in [-0.25, -0.2) is 8.78 Å². The second kappa shape index (κ2) is 4.28. The number of ether oxygens (including phenoxy) is 1. The van der Waals surface area contributed by atoms with E-state index in [1.807, 2.05) is 0 Å². The molecule has 0 unspecified atom stereocenters. The number of anilines is 1. The van der Waals surface area contributed by atoms with Crippen LogP contribution in [0.2, 0.25) is 5.02 Å². The Morgan fingerprint density at radius 1 is 1.46 bits per heavy atom. The number of nitrogens with two attached hydrogens (primary N) is 1. The molecule has 2 N–H and O–H groups in total. The zero-order chi connectivity index (χ0) is 9.84. The van der Waals surface area contributed by atoms with Crippen molar-refractivity contribution in [2.45, 2.75) is 6.43 Å². The summed E-state index contributed by atoms with van der Waals surface area (Å²) in [4.78, 5) is 0. The Hall–Kier alpha value is -1.03. The molecule has 72 valence electrons. The van der Waals surface area contributed by atoms with Gasteiger partial charge in [-0.1, -0.05) is 11.6 Å². The standard InChI is InChI=1S/C8H8ClF2NO/c9-6-2-1-5(12)3-7(6)13-4-8(10)11/h1-3,8H,4,12H2. The maximum Gasteiger partial charge on any atom is 0.272 e. The highest BCUT2D eigenvalue weighted by molar-refractivity contribution is 6.32. The van der Waals surface area contributed by atoms with Crippen molar-refractivity contribution >= 4 is 17.3 Å². The van der Waals surface area contributed by atoms with Gasteiger partial charge in [0.15, 0.2) is 0 Å². The first-order chi connectivity index (χ1) is 6.09. The number of nitrogen functional groups attached to an aromatic ring is 1. The van der Waals surface area contributed by atoms with Crippen molar-refractivity contribution in [1.29, 1.82) is 0 Å². The molecule has 5 heteroatoms. The molecule has 0 spiro atoms. The molecule has 0 saturated heterocycles. The second-order valence-electron chi connectivity index (χ2n) is 2.39. The van der Waals surface area contributed by atoms with Gasteiger partial charge in [0.2, 0.25) is 0 Å². The highest BCUT2D eigenvalue weighted by atomic mass is 35.5. The maximum atomic E-state index is 11.8. The number of benzene rings is 1. The van der Waals surface area contributed by atoms with Crippen molar-refractivity contribution in [1.82, 2.24) is 0 Å². The van der Waals surface area contributed by atoms with Gasteiger partial charge in [-0.2, -0.15) is 0 Å². The molecule has 1 rings (SSSR count). The van der Waals surface area contributed by atoms with Gasteiger partial charge in [0.25, 0.3) is 6.43 Å². The molecule has 0 bridgehead atoms. The third-order valence-corrected chi connectivity index (χ3v) is 1.63. The van der Waals surface area contributed by atoms with Crippen molar-refractivity contribution in [3.05, 3.63) is 23.2 Å². The monoisotopic (exact) mass is 207 g/mol. The van der Waals surface area contributed by atoms with E-state index in [0.717, 1.165) is 0 Å². The van der Waals surface area contributed by atoms with E-state index in [0.29, 0.717) is 5.69 Å². The van der Waals surface area contributed by atoms with E-state index in [-0.39, 0.29) is 10.8 Å². The van der Waals surface area contributed by atoms with E-state index in [1.54, 1.807) is 6.07 Å². The summed E-state index contributed by atoms with van der Waals surface area (Å²) in [5.74, 6) is 0.182. The average Bonchev–Trinajstić information content (AvgIpc) is 2.06. The third-order valence-electron chi connectivity index (χ3n) is 1.32. The Morgan fingerprint density at radius 3 is 2.77 bits per heavy atom. The lowest BCUT2D eigenvalue weighted by atomic mass is 10.3. The quantitative estimate of drug-likeness (QED) is 0.774. The average molecular weight is 208 g/mol. The SMILES string of the molecule is Nc1ccc(Cl)c(OCC(F)F)c1. The number of hydrogen-bond acceptors (Lipinski definition) is 2. The van der Waals surface area contributed by atoms with Gasteiger partial charge >= 0.3 is 0 Å². The van der Waals surface area contributed by atoms with Gasteiger partial charge in [-0.05, 0) is 12.1 Å². The Labute approximate surface area is 79.2 Å². The summed E-state index contributed by atoms with van der Waals surface area (Å²) in [7, 11) is 0. The molecule has 0 fully saturated rings. The predicted octanol–water partition coefficient (Wildman–Crippen LogP) is 2.57. The molecular formula is C8H8ClF2NO. The van der Waals surface area contributed by atoms with Gasteiger partial charge in [0.1, 0.15) is 12.4 Å². The van der Waals surface area contributed by atoms with Crippen molar-refractivity contribution in [3.8, 4) is 5.75 Å². The van der Waals surface area contributed by atoms with Gasteiger partial charge in [-0.3, -0.25) is 0 Å². The Kier molecular flexibility index (Phi) is 3.31. The molecule has 0 amide bonds. The number of alkyl halides is 2. The zero-order valence-electron chi connectivity index (χ0n) is 6.64. The number of halogens is 3. The minimum absolute atomic E-state index is 0.182. The van der Waals surface area contributed by atoms with E-state index in [1.165, 1.54) is 12.1 Å². The van der Waals surface area contributed by atoms with Crippen LogP contribution >= 0.6 is 11.6 Å². The smallest absolute Gasteiger partial charge is 0.272 e. The lowest BCUT2D eigenvalue weighted by Crippen LogP contribution is -2.07. The lowest BCUT2D eigenvalue weighted by Gasteiger charge is -2.07. The van der Waals surface area contributed by atoms with Gasteiger partial charge in [-0.15, -0.1) is 0 Å². The number of hydrogen-bond donors (Lipinski definition) is 1. The molecule has 2 nitrogen and oxygen atoms in total. The highest BCUT2D eigenvalue weighted by Gasteiger charge is 2.06. The first kappa shape index (κ1) is 10.1. The van der Waals surface area contributed by atoms with Gasteiger partial charge in [0.05, 0.1) is 5.02 Å². The zero-order valence-corrected chi connectivity index (χ0v) is 7.39. The minimum atomic E-state index is -2.52. The summed E-state index contributed by atoms with van der Waals surface area (Å²) in [6.07, 6.45) is -2.52. The summed E-state index contributed by atoms with van der Waals surface area (Å²) < 4.78 is 28.2. The second-order valence-corrected chi connectivity index (χ2v) is 2.80. The van der Waals surface area contributed by atoms with Crippen LogP contribution in [0.25, 0.3) is 0 Å². The van der Waals surface area contributed by atoms with Crippen LogP contribution in [0.5, 0.6) is 5.75 Å². The molecule has 0 radical (unpaired) electrons.